The van der Waals surface area contributed by atoms with Crippen LogP contribution in [0, 0.1) is 0 Å². The second-order valence-electron chi connectivity index (χ2n) is 4.04. The SMILES string of the molecule is CCOC1(OCC)CCCCCCC1. The minimum atomic E-state index is -0.246. The minimum Gasteiger partial charge on any atom is -0.350 e. The molecule has 1 saturated carbocycles. The average Bonchev–Trinajstić information content (AvgIpc) is 2.12. The molecule has 0 aromatic carbocycles. The normalized spacial score (nSPS) is 22.7. The first-order valence-corrected chi connectivity index (χ1v) is 6.11. The highest BCUT2D eigenvalue weighted by atomic mass is 16.7. The highest BCUT2D eigenvalue weighted by Crippen LogP contribution is 2.30. The molecule has 0 N–H and O–H groups in total. The summed E-state index contributed by atoms with van der Waals surface area (Å²) >= 11 is 0. The second-order valence-corrected chi connectivity index (χ2v) is 4.04. The van der Waals surface area contributed by atoms with Gasteiger partial charge in [0.15, 0.2) is 5.79 Å². The van der Waals surface area contributed by atoms with E-state index in [1.54, 1.807) is 0 Å². The minimum absolute atomic E-state index is 0.246. The maximum atomic E-state index is 5.82. The van der Waals surface area contributed by atoms with Crippen LogP contribution < -0.4 is 0 Å². The van der Waals surface area contributed by atoms with Crippen molar-refractivity contribution in [3.63, 3.8) is 0 Å². The van der Waals surface area contributed by atoms with E-state index in [-0.39, 0.29) is 5.79 Å². The molecule has 0 amide bonds. The number of rotatable bonds is 4. The highest BCUT2D eigenvalue weighted by Gasteiger charge is 2.30. The quantitative estimate of drug-likeness (QED) is 0.647. The molecule has 0 radical (unpaired) electrons. The van der Waals surface area contributed by atoms with E-state index >= 15 is 0 Å². The van der Waals surface area contributed by atoms with Gasteiger partial charge in [-0.15, -0.1) is 0 Å². The molecule has 1 fully saturated rings. The molecule has 14 heavy (non-hydrogen) atoms. The van der Waals surface area contributed by atoms with Crippen molar-refractivity contribution >= 4 is 0 Å². The summed E-state index contributed by atoms with van der Waals surface area (Å²) in [7, 11) is 0. The molecule has 0 atom stereocenters. The maximum Gasteiger partial charge on any atom is 0.168 e. The van der Waals surface area contributed by atoms with Gasteiger partial charge in [-0.05, 0) is 26.7 Å². The summed E-state index contributed by atoms with van der Waals surface area (Å²) in [5.41, 5.74) is 0. The maximum absolute atomic E-state index is 5.82. The van der Waals surface area contributed by atoms with Crippen molar-refractivity contribution in [2.75, 3.05) is 13.2 Å². The second kappa shape index (κ2) is 6.41. The van der Waals surface area contributed by atoms with Gasteiger partial charge in [0, 0.05) is 26.1 Å². The Labute approximate surface area is 88.0 Å². The van der Waals surface area contributed by atoms with E-state index in [4.69, 9.17) is 9.47 Å². The van der Waals surface area contributed by atoms with E-state index in [0.717, 1.165) is 26.1 Å². The Kier molecular flexibility index (Phi) is 5.49. The van der Waals surface area contributed by atoms with Gasteiger partial charge in [0.2, 0.25) is 0 Å². The molecule has 0 aromatic heterocycles. The first-order valence-electron chi connectivity index (χ1n) is 6.11. The van der Waals surface area contributed by atoms with Crippen molar-refractivity contribution in [1.82, 2.24) is 0 Å². The van der Waals surface area contributed by atoms with E-state index in [9.17, 15) is 0 Å². The van der Waals surface area contributed by atoms with Crippen molar-refractivity contribution < 1.29 is 9.47 Å². The van der Waals surface area contributed by atoms with E-state index in [0.29, 0.717) is 0 Å². The molecule has 0 saturated heterocycles. The van der Waals surface area contributed by atoms with Crippen molar-refractivity contribution in [2.45, 2.75) is 64.6 Å². The lowest BCUT2D eigenvalue weighted by Crippen LogP contribution is -2.36. The van der Waals surface area contributed by atoms with E-state index < -0.39 is 0 Å². The molecule has 0 aromatic rings. The standard InChI is InChI=1S/C12H24O2/c1-3-13-12(14-4-2)10-8-6-5-7-9-11-12/h3-11H2,1-2H3. The van der Waals surface area contributed by atoms with Gasteiger partial charge in [0.25, 0.3) is 0 Å². The molecule has 1 rings (SSSR count). The van der Waals surface area contributed by atoms with Crippen LogP contribution in [-0.4, -0.2) is 19.0 Å². The van der Waals surface area contributed by atoms with Crippen LogP contribution in [0.5, 0.6) is 0 Å². The molecule has 0 unspecified atom stereocenters. The summed E-state index contributed by atoms with van der Waals surface area (Å²) < 4.78 is 11.6. The van der Waals surface area contributed by atoms with Crippen molar-refractivity contribution in [1.29, 1.82) is 0 Å². The average molecular weight is 200 g/mol. The number of hydrogen-bond donors (Lipinski definition) is 0. The van der Waals surface area contributed by atoms with Gasteiger partial charge >= 0.3 is 0 Å². The summed E-state index contributed by atoms with van der Waals surface area (Å²) in [6.45, 7) is 5.64. The topological polar surface area (TPSA) is 18.5 Å². The van der Waals surface area contributed by atoms with Crippen LogP contribution in [0.3, 0.4) is 0 Å². The van der Waals surface area contributed by atoms with Crippen molar-refractivity contribution in [2.24, 2.45) is 0 Å². The van der Waals surface area contributed by atoms with Gasteiger partial charge in [0.1, 0.15) is 0 Å². The molecule has 84 valence electrons. The van der Waals surface area contributed by atoms with Gasteiger partial charge in [-0.3, -0.25) is 0 Å². The van der Waals surface area contributed by atoms with Crippen LogP contribution in [0.15, 0.2) is 0 Å². The van der Waals surface area contributed by atoms with E-state index in [1.807, 2.05) is 0 Å². The van der Waals surface area contributed by atoms with Crippen LogP contribution in [0.4, 0.5) is 0 Å². The Balaban J connectivity index is 2.50. The van der Waals surface area contributed by atoms with Crippen LogP contribution in [0.25, 0.3) is 0 Å². The van der Waals surface area contributed by atoms with Gasteiger partial charge in [0.05, 0.1) is 0 Å². The third-order valence-electron chi connectivity index (χ3n) is 2.93. The smallest absolute Gasteiger partial charge is 0.168 e. The van der Waals surface area contributed by atoms with Gasteiger partial charge in [-0.1, -0.05) is 19.3 Å². The van der Waals surface area contributed by atoms with E-state index in [2.05, 4.69) is 13.8 Å². The molecule has 0 bridgehead atoms. The monoisotopic (exact) mass is 200 g/mol. The summed E-state index contributed by atoms with van der Waals surface area (Å²) in [5, 5.41) is 0. The van der Waals surface area contributed by atoms with Gasteiger partial charge < -0.3 is 9.47 Å². The lowest BCUT2D eigenvalue weighted by Gasteiger charge is -2.34. The summed E-state index contributed by atoms with van der Waals surface area (Å²) in [6.07, 6.45) is 8.71. The van der Waals surface area contributed by atoms with E-state index in [1.165, 1.54) is 32.1 Å². The zero-order valence-corrected chi connectivity index (χ0v) is 9.68. The molecular formula is C12H24O2. The Morgan fingerprint density at radius 3 is 1.64 bits per heavy atom. The van der Waals surface area contributed by atoms with Gasteiger partial charge in [-0.2, -0.15) is 0 Å². The molecule has 2 heteroatoms. The summed E-state index contributed by atoms with van der Waals surface area (Å²) in [4.78, 5) is 0. The largest absolute Gasteiger partial charge is 0.350 e. The molecule has 1 aliphatic carbocycles. The predicted molar refractivity (Wildman–Crippen MR) is 58.3 cm³/mol. The third kappa shape index (κ3) is 3.58. The Morgan fingerprint density at radius 2 is 1.21 bits per heavy atom. The highest BCUT2D eigenvalue weighted by molar-refractivity contribution is 4.72. The molecule has 0 heterocycles. The first-order chi connectivity index (χ1) is 6.83. The first kappa shape index (κ1) is 12.0. The molecule has 0 aliphatic heterocycles. The zero-order chi connectivity index (χ0) is 10.3. The third-order valence-corrected chi connectivity index (χ3v) is 2.93. The fraction of sp³-hybridized carbons (Fsp3) is 1.00. The number of hydrogen-bond acceptors (Lipinski definition) is 2. The Bertz CT molecular complexity index is 129. The Morgan fingerprint density at radius 1 is 0.786 bits per heavy atom. The van der Waals surface area contributed by atoms with Crippen LogP contribution in [0.2, 0.25) is 0 Å². The van der Waals surface area contributed by atoms with Crippen molar-refractivity contribution in [3.8, 4) is 0 Å². The zero-order valence-electron chi connectivity index (χ0n) is 9.68. The summed E-state index contributed by atoms with van der Waals surface area (Å²) in [5.74, 6) is -0.246. The van der Waals surface area contributed by atoms with Crippen molar-refractivity contribution in [3.05, 3.63) is 0 Å². The molecule has 0 spiro atoms. The molecule has 2 nitrogen and oxygen atoms in total. The van der Waals surface area contributed by atoms with Gasteiger partial charge in [-0.25, -0.2) is 0 Å². The lowest BCUT2D eigenvalue weighted by molar-refractivity contribution is -0.243. The number of ether oxygens (including phenoxy) is 2. The lowest BCUT2D eigenvalue weighted by atomic mass is 9.95. The fourth-order valence-corrected chi connectivity index (χ4v) is 2.30. The predicted octanol–water partition coefficient (Wildman–Crippen LogP) is 3.50. The molecular weight excluding hydrogens is 176 g/mol. The Hall–Kier alpha value is -0.0800. The fourth-order valence-electron chi connectivity index (χ4n) is 2.30. The van der Waals surface area contributed by atoms with Crippen LogP contribution in [0.1, 0.15) is 58.8 Å². The van der Waals surface area contributed by atoms with Crippen LogP contribution >= 0.6 is 0 Å². The van der Waals surface area contributed by atoms with Crippen LogP contribution in [-0.2, 0) is 9.47 Å². The summed E-state index contributed by atoms with van der Waals surface area (Å²) in [6, 6.07) is 0. The molecule has 1 aliphatic rings.